The topological polar surface area (TPSA) is 169 Å². The maximum atomic E-state index is 11.9. The molecule has 0 fully saturated rings. The van der Waals surface area contributed by atoms with E-state index in [0.717, 1.165) is 38.4 Å². The number of anilines is 1. The summed E-state index contributed by atoms with van der Waals surface area (Å²) in [5.74, 6) is -0.383. The molecular weight excluding hydrogens is 473 g/mol. The summed E-state index contributed by atoms with van der Waals surface area (Å²) in [5.41, 5.74) is 1.41. The Hall–Kier alpha value is -1.82. The minimum absolute atomic E-state index is 0.100. The molecule has 0 aliphatic heterocycles. The molecular formula is C20H32N3O8PS-2. The predicted molar refractivity (Wildman–Crippen MR) is 122 cm³/mol. The van der Waals surface area contributed by atoms with Gasteiger partial charge in [-0.25, -0.2) is 0 Å². The second-order valence-corrected chi connectivity index (χ2v) is 9.41. The van der Waals surface area contributed by atoms with Gasteiger partial charge in [0.1, 0.15) is 0 Å². The molecule has 0 radical (unpaired) electrons. The zero-order chi connectivity index (χ0) is 24.5. The summed E-state index contributed by atoms with van der Waals surface area (Å²) in [6, 6.07) is 6.83. The van der Waals surface area contributed by atoms with Crippen molar-refractivity contribution in [2.45, 2.75) is 51.4 Å². The summed E-state index contributed by atoms with van der Waals surface area (Å²) < 4.78 is 43.2. The largest absolute Gasteiger partial charge is 0.756 e. The SMILES string of the molecule is COP(=O)([O-])OCCCCCCCNC(=O)CCC(=O)NCCc1ccc(NS(=O)[O-])cc1. The van der Waals surface area contributed by atoms with Gasteiger partial charge in [-0.1, -0.05) is 31.4 Å². The summed E-state index contributed by atoms with van der Waals surface area (Å²) in [4.78, 5) is 34.7. The van der Waals surface area contributed by atoms with Crippen molar-refractivity contribution < 1.29 is 36.9 Å². The van der Waals surface area contributed by atoms with E-state index in [1.54, 1.807) is 24.3 Å². The zero-order valence-corrected chi connectivity index (χ0v) is 20.4. The predicted octanol–water partition coefficient (Wildman–Crippen LogP) is 1.53. The van der Waals surface area contributed by atoms with Gasteiger partial charge in [0.05, 0.1) is 6.61 Å². The molecule has 0 aromatic heterocycles. The van der Waals surface area contributed by atoms with Crippen molar-refractivity contribution in [2.75, 3.05) is 31.5 Å². The number of carbonyl (C=O) groups is 2. The van der Waals surface area contributed by atoms with Crippen LogP contribution in [0.5, 0.6) is 0 Å². The number of phosphoric acid groups is 1. The Morgan fingerprint density at radius 2 is 1.55 bits per heavy atom. The molecule has 0 saturated heterocycles. The number of benzene rings is 1. The number of phosphoric ester groups is 1. The monoisotopic (exact) mass is 505 g/mol. The van der Waals surface area contributed by atoms with Gasteiger partial charge in [-0.15, -0.1) is 0 Å². The molecule has 0 bridgehead atoms. The first-order valence-electron chi connectivity index (χ1n) is 10.7. The number of hydrogen-bond acceptors (Lipinski definition) is 8. The molecule has 1 rings (SSSR count). The minimum Gasteiger partial charge on any atom is -0.756 e. The van der Waals surface area contributed by atoms with Gasteiger partial charge in [0.15, 0.2) is 0 Å². The van der Waals surface area contributed by atoms with Gasteiger partial charge in [0.25, 0.3) is 7.82 Å². The maximum Gasteiger partial charge on any atom is 0.267 e. The molecule has 2 amide bonds. The Kier molecular flexibility index (Phi) is 14.8. The van der Waals surface area contributed by atoms with Crippen LogP contribution in [-0.2, 0) is 40.9 Å². The summed E-state index contributed by atoms with van der Waals surface area (Å²) >= 11 is -2.36. The van der Waals surface area contributed by atoms with E-state index in [9.17, 15) is 27.8 Å². The van der Waals surface area contributed by atoms with Crippen LogP contribution in [0.1, 0.15) is 50.5 Å². The molecule has 2 unspecified atom stereocenters. The van der Waals surface area contributed by atoms with Gasteiger partial charge in [0, 0.05) is 50.0 Å². The van der Waals surface area contributed by atoms with Crippen molar-refractivity contribution in [2.24, 2.45) is 0 Å². The molecule has 13 heteroatoms. The van der Waals surface area contributed by atoms with Crippen molar-refractivity contribution in [1.29, 1.82) is 0 Å². The van der Waals surface area contributed by atoms with Crippen LogP contribution in [-0.4, -0.2) is 47.4 Å². The Labute approximate surface area is 197 Å². The average molecular weight is 506 g/mol. The van der Waals surface area contributed by atoms with E-state index in [-0.39, 0.29) is 31.3 Å². The van der Waals surface area contributed by atoms with Crippen molar-refractivity contribution in [3.8, 4) is 0 Å². The third-order valence-electron chi connectivity index (χ3n) is 4.59. The smallest absolute Gasteiger partial charge is 0.267 e. The molecule has 11 nitrogen and oxygen atoms in total. The first-order valence-corrected chi connectivity index (χ1v) is 13.2. The summed E-state index contributed by atoms with van der Waals surface area (Å²) in [5, 5.41) is 5.54. The van der Waals surface area contributed by atoms with Crippen LogP contribution in [0.25, 0.3) is 0 Å². The molecule has 0 spiro atoms. The lowest BCUT2D eigenvalue weighted by molar-refractivity contribution is -0.223. The van der Waals surface area contributed by atoms with Crippen LogP contribution in [0, 0.1) is 0 Å². The van der Waals surface area contributed by atoms with Gasteiger partial charge in [-0.2, -0.15) is 0 Å². The van der Waals surface area contributed by atoms with Crippen molar-refractivity contribution >= 4 is 36.6 Å². The van der Waals surface area contributed by atoms with Crippen LogP contribution in [0.2, 0.25) is 0 Å². The van der Waals surface area contributed by atoms with Gasteiger partial charge in [0.2, 0.25) is 11.8 Å². The number of hydrogen-bond donors (Lipinski definition) is 3. The highest BCUT2D eigenvalue weighted by Crippen LogP contribution is 2.36. The van der Waals surface area contributed by atoms with E-state index in [1.807, 2.05) is 0 Å². The van der Waals surface area contributed by atoms with E-state index in [2.05, 4.69) is 24.4 Å². The minimum atomic E-state index is -4.14. The lowest BCUT2D eigenvalue weighted by atomic mass is 10.1. The van der Waals surface area contributed by atoms with E-state index in [0.29, 0.717) is 31.6 Å². The van der Waals surface area contributed by atoms with Crippen LogP contribution in [0.4, 0.5) is 5.69 Å². The fourth-order valence-electron chi connectivity index (χ4n) is 2.80. The van der Waals surface area contributed by atoms with E-state index >= 15 is 0 Å². The normalized spacial score (nSPS) is 13.7. The zero-order valence-electron chi connectivity index (χ0n) is 18.7. The molecule has 3 N–H and O–H groups in total. The number of unbranched alkanes of at least 4 members (excludes halogenated alkanes) is 4. The van der Waals surface area contributed by atoms with Crippen molar-refractivity contribution in [1.82, 2.24) is 10.6 Å². The second-order valence-electron chi connectivity index (χ2n) is 7.21. The molecule has 0 aliphatic carbocycles. The maximum absolute atomic E-state index is 11.9. The molecule has 1 aromatic carbocycles. The summed E-state index contributed by atoms with van der Waals surface area (Å²) in [7, 11) is -3.08. The van der Waals surface area contributed by atoms with E-state index in [1.165, 1.54) is 0 Å². The van der Waals surface area contributed by atoms with Crippen molar-refractivity contribution in [3.05, 3.63) is 29.8 Å². The third-order valence-corrected chi connectivity index (χ3v) is 5.93. The molecule has 0 saturated carbocycles. The lowest BCUT2D eigenvalue weighted by Gasteiger charge is -2.19. The number of nitrogens with one attached hydrogen (secondary N) is 3. The fraction of sp³-hybridized carbons (Fsp3) is 0.600. The Morgan fingerprint density at radius 1 is 0.970 bits per heavy atom. The van der Waals surface area contributed by atoms with Crippen LogP contribution < -0.4 is 20.2 Å². The standard InChI is InChI=1S/C20H34N3O8PS/c1-30-32(26,27)31-16-6-4-2-3-5-14-21-19(24)11-12-20(25)22-15-13-17-7-9-18(10-8-17)23-33(28)29/h7-10,23H,2-6,11-16H2,1H3,(H,21,24)(H,22,25)(H,26,27)(H,28,29)/p-2. The number of rotatable bonds is 18. The first kappa shape index (κ1) is 29.2. The van der Waals surface area contributed by atoms with E-state index in [4.69, 9.17) is 0 Å². The fourth-order valence-corrected chi connectivity index (χ4v) is 3.59. The third kappa shape index (κ3) is 15.6. The van der Waals surface area contributed by atoms with Gasteiger partial charge in [-0.3, -0.25) is 18.4 Å². The summed E-state index contributed by atoms with van der Waals surface area (Å²) in [6.07, 6.45) is 4.84. The summed E-state index contributed by atoms with van der Waals surface area (Å²) in [6.45, 7) is 1.05. The number of carbonyl (C=O) groups excluding carboxylic acids is 2. The Balaban J connectivity index is 2.00. The number of amides is 2. The molecule has 188 valence electrons. The molecule has 2 atom stereocenters. The Bertz CT molecular complexity index is 794. The van der Waals surface area contributed by atoms with Crippen LogP contribution in [0.15, 0.2) is 24.3 Å². The lowest BCUT2D eigenvalue weighted by Crippen LogP contribution is -2.29. The van der Waals surface area contributed by atoms with E-state index < -0.39 is 19.1 Å². The highest BCUT2D eigenvalue weighted by molar-refractivity contribution is 7.80. The second kappa shape index (κ2) is 16.7. The van der Waals surface area contributed by atoms with Gasteiger partial charge < -0.3 is 33.8 Å². The van der Waals surface area contributed by atoms with Crippen LogP contribution in [0.3, 0.4) is 0 Å². The molecule has 0 heterocycles. The first-order chi connectivity index (χ1) is 15.7. The van der Waals surface area contributed by atoms with Gasteiger partial charge >= 0.3 is 0 Å². The molecule has 0 aliphatic rings. The van der Waals surface area contributed by atoms with Crippen molar-refractivity contribution in [3.63, 3.8) is 0 Å². The average Bonchev–Trinajstić information content (AvgIpc) is 2.77. The highest BCUT2D eigenvalue weighted by atomic mass is 32.2. The molecule has 1 aromatic rings. The highest BCUT2D eigenvalue weighted by Gasteiger charge is 2.07. The molecule has 33 heavy (non-hydrogen) atoms. The van der Waals surface area contributed by atoms with Crippen LogP contribution >= 0.6 is 7.82 Å². The quantitative estimate of drug-likeness (QED) is 0.153. The Morgan fingerprint density at radius 3 is 2.15 bits per heavy atom. The van der Waals surface area contributed by atoms with Gasteiger partial charge in [-0.05, 0) is 37.0 Å².